The van der Waals surface area contributed by atoms with Crippen LogP contribution in [0.2, 0.25) is 0 Å². The Bertz CT molecular complexity index is 774. The minimum Gasteiger partial charge on any atom is -0.691 e. The van der Waals surface area contributed by atoms with E-state index in [0.717, 1.165) is 0 Å². The molecule has 2 saturated carbocycles. The largest absolute Gasteiger partial charge is 1.00 e. The van der Waals surface area contributed by atoms with Crippen molar-refractivity contribution in [3.63, 3.8) is 0 Å². The summed E-state index contributed by atoms with van der Waals surface area (Å²) in [5.41, 5.74) is 4.43. The molecule has 4 N–H and O–H groups in total. The molecular formula is C15H15I2NNa2O10S2. The van der Waals surface area contributed by atoms with Crippen molar-refractivity contribution in [2.45, 2.75) is 48.5 Å². The van der Waals surface area contributed by atoms with Gasteiger partial charge < -0.3 is 31.2 Å². The maximum absolute atomic E-state index is 11.5. The Morgan fingerprint density at radius 2 is 1.56 bits per heavy atom. The van der Waals surface area contributed by atoms with E-state index in [2.05, 4.69) is 63.9 Å². The van der Waals surface area contributed by atoms with Gasteiger partial charge in [-0.15, -0.1) is 0 Å². The molecule has 17 heteroatoms. The average molecular weight is 733 g/mol. The monoisotopic (exact) mass is 733 g/mol. The van der Waals surface area contributed by atoms with E-state index >= 15 is 0 Å². The normalized spacial score (nSPS) is 30.8. The fourth-order valence-electron chi connectivity index (χ4n) is 3.75. The smallest absolute Gasteiger partial charge is 0.691 e. The van der Waals surface area contributed by atoms with Crippen LogP contribution >= 0.6 is 69.3 Å². The standard InChI is InChI=1S/C15H17I2NO10S2.2Na/c16-7-3-14(5-15(14,18)13(20)21)4-8(17)12(7)24-6-1-9(29-27-25-22)11(19)10(2-6)30-28-26-23;;/h1-2,7-8,12,19,22-23H,3-5,18H2,(H,20,21);;/q;2*+1/p-2. The third kappa shape index (κ3) is 6.93. The van der Waals surface area contributed by atoms with Crippen LogP contribution in [-0.4, -0.2) is 35.7 Å². The Balaban J connectivity index is 0.00000256. The summed E-state index contributed by atoms with van der Waals surface area (Å²) < 4.78 is 14.6. The molecule has 0 saturated heterocycles. The zero-order valence-corrected chi connectivity index (χ0v) is 26.8. The Morgan fingerprint density at radius 3 is 1.94 bits per heavy atom. The van der Waals surface area contributed by atoms with Gasteiger partial charge in [0.1, 0.15) is 23.1 Å². The van der Waals surface area contributed by atoms with Crippen LogP contribution in [0.3, 0.4) is 0 Å². The third-order valence-electron chi connectivity index (χ3n) is 5.29. The zero-order valence-electron chi connectivity index (χ0n) is 16.8. The maximum atomic E-state index is 11.5. The van der Waals surface area contributed by atoms with Crippen LogP contribution in [0.15, 0.2) is 21.9 Å². The molecule has 2 aliphatic carbocycles. The molecule has 0 aliphatic heterocycles. The van der Waals surface area contributed by atoms with Gasteiger partial charge in [0.25, 0.3) is 0 Å². The van der Waals surface area contributed by atoms with Crippen molar-refractivity contribution < 1.29 is 108 Å². The second kappa shape index (κ2) is 13.6. The van der Waals surface area contributed by atoms with E-state index in [-0.39, 0.29) is 88.6 Å². The number of benzene rings is 1. The van der Waals surface area contributed by atoms with Gasteiger partial charge in [-0.3, -0.25) is 14.9 Å². The first-order valence-electron chi connectivity index (χ1n) is 8.28. The van der Waals surface area contributed by atoms with Gasteiger partial charge in [0, 0.05) is 13.3 Å². The summed E-state index contributed by atoms with van der Waals surface area (Å²) >= 11 is 5.34. The number of nitrogens with two attached hydrogens (primary N) is 1. The summed E-state index contributed by atoms with van der Waals surface area (Å²) in [7, 11) is 0. The van der Waals surface area contributed by atoms with Gasteiger partial charge in [-0.1, -0.05) is 45.2 Å². The molecule has 0 heterocycles. The number of ether oxygens (including phenoxy) is 1. The van der Waals surface area contributed by atoms with Crippen LogP contribution in [0.1, 0.15) is 19.3 Å². The SMILES string of the molecule is NC1(C(=O)O)CC12CC(I)C(Oc1cc(SOO[O-])c(O)c(SOO[O-])c1)C(I)C2.[Na+].[Na+]. The summed E-state index contributed by atoms with van der Waals surface area (Å²) in [5, 5.41) is 46.5. The first kappa shape index (κ1) is 32.2. The molecule has 11 nitrogen and oxygen atoms in total. The van der Waals surface area contributed by atoms with Gasteiger partial charge in [0.05, 0.1) is 33.9 Å². The van der Waals surface area contributed by atoms with Crippen molar-refractivity contribution in [2.75, 3.05) is 0 Å². The number of hydrogen-bond acceptors (Lipinski definition) is 12. The van der Waals surface area contributed by atoms with Gasteiger partial charge in [0.2, 0.25) is 0 Å². The number of aromatic hydroxyl groups is 1. The van der Waals surface area contributed by atoms with Crippen molar-refractivity contribution in [1.29, 1.82) is 0 Å². The van der Waals surface area contributed by atoms with Crippen LogP contribution in [0.5, 0.6) is 11.5 Å². The molecule has 3 unspecified atom stereocenters. The fourth-order valence-corrected chi connectivity index (χ4v) is 8.50. The molecule has 1 aromatic carbocycles. The van der Waals surface area contributed by atoms with Gasteiger partial charge in [-0.25, -0.2) is 0 Å². The molecule has 1 aromatic rings. The van der Waals surface area contributed by atoms with Crippen molar-refractivity contribution in [3.8, 4) is 11.5 Å². The Morgan fingerprint density at radius 1 is 1.09 bits per heavy atom. The van der Waals surface area contributed by atoms with Crippen molar-refractivity contribution in [2.24, 2.45) is 11.1 Å². The molecule has 2 aliphatic rings. The van der Waals surface area contributed by atoms with Crippen LogP contribution in [0.25, 0.3) is 0 Å². The summed E-state index contributed by atoms with van der Waals surface area (Å²) in [5.74, 6) is -1.02. The summed E-state index contributed by atoms with van der Waals surface area (Å²) in [4.78, 5) is 11.7. The van der Waals surface area contributed by atoms with E-state index < -0.39 is 16.9 Å². The van der Waals surface area contributed by atoms with E-state index in [4.69, 9.17) is 10.5 Å². The number of phenols is 1. The Labute approximate surface area is 263 Å². The number of hydrogen-bond donors (Lipinski definition) is 3. The summed E-state index contributed by atoms with van der Waals surface area (Å²) in [6.07, 6.45) is 1.31. The van der Waals surface area contributed by atoms with Crippen LogP contribution in [-0.2, 0) is 23.5 Å². The van der Waals surface area contributed by atoms with Gasteiger partial charge >= 0.3 is 65.1 Å². The summed E-state index contributed by atoms with van der Waals surface area (Å²) in [6, 6.07) is 2.86. The topological polar surface area (TPSA) is 176 Å². The third-order valence-corrected chi connectivity index (χ3v) is 8.82. The van der Waals surface area contributed by atoms with Crippen LogP contribution < -0.4 is 80.1 Å². The Hall–Kier alpha value is 2.17. The predicted octanol–water partition coefficient (Wildman–Crippen LogP) is -4.82. The number of halogens is 2. The molecule has 3 rings (SSSR count). The minimum absolute atomic E-state index is 0. The average Bonchev–Trinajstić information content (AvgIpc) is 3.27. The molecule has 0 bridgehead atoms. The van der Waals surface area contributed by atoms with E-state index in [1.54, 1.807) is 0 Å². The number of carboxylic acid groups (broad SMARTS) is 1. The molecule has 3 atom stereocenters. The fraction of sp³-hybridized carbons (Fsp3) is 0.533. The minimum atomic E-state index is -1.21. The second-order valence-electron chi connectivity index (χ2n) is 6.96. The molecule has 32 heavy (non-hydrogen) atoms. The number of carboxylic acids is 1. The van der Waals surface area contributed by atoms with Crippen LogP contribution in [0, 0.1) is 5.41 Å². The molecule has 0 aromatic heterocycles. The molecule has 168 valence electrons. The second-order valence-corrected chi connectivity index (χ2v) is 11.6. The number of carbonyl (C=O) groups is 1. The van der Waals surface area contributed by atoms with Crippen molar-refractivity contribution in [3.05, 3.63) is 12.1 Å². The molecular weight excluding hydrogens is 718 g/mol. The number of alkyl halides is 2. The van der Waals surface area contributed by atoms with E-state index in [1.165, 1.54) is 12.1 Å². The van der Waals surface area contributed by atoms with Gasteiger partial charge in [-0.2, -0.15) is 8.67 Å². The number of rotatable bonds is 9. The van der Waals surface area contributed by atoms with E-state index in [9.17, 15) is 25.5 Å². The summed E-state index contributed by atoms with van der Waals surface area (Å²) in [6.45, 7) is 0. The van der Waals surface area contributed by atoms with E-state index in [0.29, 0.717) is 49.1 Å². The van der Waals surface area contributed by atoms with Gasteiger partial charge in [-0.05, 0) is 31.4 Å². The zero-order chi connectivity index (χ0) is 22.1. The number of aliphatic carboxylic acids is 1. The van der Waals surface area contributed by atoms with Gasteiger partial charge in [0.15, 0.2) is 0 Å². The predicted molar refractivity (Wildman–Crippen MR) is 115 cm³/mol. The van der Waals surface area contributed by atoms with Crippen LogP contribution in [0.4, 0.5) is 0 Å². The quantitative estimate of drug-likeness (QED) is 0.0552. The Kier molecular flexibility index (Phi) is 13.7. The van der Waals surface area contributed by atoms with E-state index in [1.807, 2.05) is 0 Å². The first-order chi connectivity index (χ1) is 14.2. The van der Waals surface area contributed by atoms with Crippen molar-refractivity contribution in [1.82, 2.24) is 0 Å². The molecule has 0 amide bonds. The molecule has 2 fully saturated rings. The number of phenolic OH excluding ortho intramolecular Hbond substituents is 1. The van der Waals surface area contributed by atoms with Crippen molar-refractivity contribution >= 4 is 75.2 Å². The first-order valence-corrected chi connectivity index (χ1v) is 12.3. The molecule has 0 radical (unpaired) electrons. The molecule has 1 spiro atoms. The maximum Gasteiger partial charge on any atom is 1.00 e.